The van der Waals surface area contributed by atoms with Gasteiger partial charge in [-0.2, -0.15) is 4.98 Å². The van der Waals surface area contributed by atoms with Crippen LogP contribution in [0.25, 0.3) is 11.4 Å². The summed E-state index contributed by atoms with van der Waals surface area (Å²) >= 11 is 0. The molecular weight excluding hydrogens is 390 g/mol. The van der Waals surface area contributed by atoms with Crippen LogP contribution in [0.1, 0.15) is 54.7 Å². The zero-order chi connectivity index (χ0) is 22.0. The summed E-state index contributed by atoms with van der Waals surface area (Å²) in [5.41, 5.74) is 5.28. The first-order chi connectivity index (χ1) is 15.0. The van der Waals surface area contributed by atoms with E-state index in [-0.39, 0.29) is 11.8 Å². The van der Waals surface area contributed by atoms with Crippen LogP contribution < -0.4 is 9.64 Å². The molecule has 0 saturated carbocycles. The van der Waals surface area contributed by atoms with Crippen LogP contribution >= 0.6 is 0 Å². The summed E-state index contributed by atoms with van der Waals surface area (Å²) < 4.78 is 11.3. The molecule has 2 heterocycles. The Morgan fingerprint density at radius 1 is 1.13 bits per heavy atom. The minimum absolute atomic E-state index is 0.0911. The highest BCUT2D eigenvalue weighted by Gasteiger charge is 2.36. The lowest BCUT2D eigenvalue weighted by atomic mass is 10.0. The first kappa shape index (κ1) is 21.1. The molecule has 6 heteroatoms. The van der Waals surface area contributed by atoms with Gasteiger partial charge in [0.25, 0.3) is 0 Å². The number of ether oxygens (including phenoxy) is 1. The second-order valence-electron chi connectivity index (χ2n) is 8.34. The molecular formula is C25H29N3O3. The molecule has 0 bridgehead atoms. The number of benzene rings is 2. The van der Waals surface area contributed by atoms with Crippen molar-refractivity contribution in [2.45, 2.75) is 52.9 Å². The second-order valence-corrected chi connectivity index (χ2v) is 8.34. The largest absolute Gasteiger partial charge is 0.494 e. The van der Waals surface area contributed by atoms with Crippen LogP contribution in [0.2, 0.25) is 0 Å². The van der Waals surface area contributed by atoms with Gasteiger partial charge in [-0.1, -0.05) is 36.2 Å². The monoisotopic (exact) mass is 419 g/mol. The molecule has 1 unspecified atom stereocenters. The predicted molar refractivity (Wildman–Crippen MR) is 121 cm³/mol. The number of unbranched alkanes of at least 4 members (excludes halogenated alkanes) is 1. The molecule has 0 aliphatic carbocycles. The molecule has 2 aromatic carbocycles. The van der Waals surface area contributed by atoms with Crippen LogP contribution in [0.5, 0.6) is 5.75 Å². The Morgan fingerprint density at radius 3 is 2.52 bits per heavy atom. The average Bonchev–Trinajstić information content (AvgIpc) is 3.36. The number of nitrogens with zero attached hydrogens (tertiary/aromatic N) is 3. The van der Waals surface area contributed by atoms with Crippen molar-refractivity contribution in [3.05, 3.63) is 59.0 Å². The Labute approximate surface area is 183 Å². The van der Waals surface area contributed by atoms with Gasteiger partial charge >= 0.3 is 0 Å². The lowest BCUT2D eigenvalue weighted by Gasteiger charge is -2.21. The number of aromatic nitrogens is 2. The van der Waals surface area contributed by atoms with Crippen LogP contribution in [-0.4, -0.2) is 29.2 Å². The van der Waals surface area contributed by atoms with Gasteiger partial charge in [0.15, 0.2) is 0 Å². The Morgan fingerprint density at radius 2 is 1.84 bits per heavy atom. The topological polar surface area (TPSA) is 68.5 Å². The molecule has 1 aromatic heterocycles. The highest BCUT2D eigenvalue weighted by Crippen LogP contribution is 2.35. The normalized spacial score (nSPS) is 16.2. The Hall–Kier alpha value is -3.15. The molecule has 1 amide bonds. The molecule has 0 radical (unpaired) electrons. The molecule has 162 valence electrons. The van der Waals surface area contributed by atoms with Gasteiger partial charge in [-0.05, 0) is 62.6 Å². The van der Waals surface area contributed by atoms with E-state index in [1.165, 1.54) is 5.56 Å². The van der Waals surface area contributed by atoms with Gasteiger partial charge in [-0.15, -0.1) is 0 Å². The van der Waals surface area contributed by atoms with Crippen molar-refractivity contribution < 1.29 is 14.1 Å². The molecule has 3 aromatic rings. The molecule has 0 N–H and O–H groups in total. The van der Waals surface area contributed by atoms with Crippen LogP contribution in [0.15, 0.2) is 40.9 Å². The standard InChI is InChI=1S/C25H29N3O3/c1-5-6-11-30-21-9-7-19(8-10-21)24-26-25(31-27-24)20-14-22(29)28(15-20)23-17(3)12-16(2)13-18(23)4/h7-10,12-13,20H,5-6,11,14-15H2,1-4H3. The van der Waals surface area contributed by atoms with E-state index >= 15 is 0 Å². The highest BCUT2D eigenvalue weighted by atomic mass is 16.5. The molecule has 1 atom stereocenters. The smallest absolute Gasteiger partial charge is 0.232 e. The summed E-state index contributed by atoms with van der Waals surface area (Å²) in [7, 11) is 0. The lowest BCUT2D eigenvalue weighted by Crippen LogP contribution is -2.26. The number of anilines is 1. The van der Waals surface area contributed by atoms with Gasteiger partial charge < -0.3 is 14.2 Å². The van der Waals surface area contributed by atoms with Crippen molar-refractivity contribution in [1.82, 2.24) is 10.1 Å². The predicted octanol–water partition coefficient (Wildman–Crippen LogP) is 5.36. The van der Waals surface area contributed by atoms with Crippen molar-refractivity contribution in [2.75, 3.05) is 18.1 Å². The molecule has 4 rings (SSSR count). The number of hydrogen-bond donors (Lipinski definition) is 0. The van der Waals surface area contributed by atoms with Gasteiger partial charge in [0.05, 0.1) is 12.5 Å². The molecule has 1 saturated heterocycles. The number of rotatable bonds is 7. The van der Waals surface area contributed by atoms with Gasteiger partial charge in [-0.25, -0.2) is 0 Å². The van der Waals surface area contributed by atoms with Crippen LogP contribution in [0.3, 0.4) is 0 Å². The first-order valence-corrected chi connectivity index (χ1v) is 10.9. The second kappa shape index (κ2) is 8.92. The van der Waals surface area contributed by atoms with E-state index in [0.717, 1.165) is 41.0 Å². The van der Waals surface area contributed by atoms with Gasteiger partial charge in [-0.3, -0.25) is 4.79 Å². The zero-order valence-corrected chi connectivity index (χ0v) is 18.6. The third-order valence-electron chi connectivity index (χ3n) is 5.70. The summed E-state index contributed by atoms with van der Waals surface area (Å²) in [6.07, 6.45) is 2.52. The van der Waals surface area contributed by atoms with E-state index in [4.69, 9.17) is 9.26 Å². The maximum absolute atomic E-state index is 12.8. The molecule has 31 heavy (non-hydrogen) atoms. The minimum Gasteiger partial charge on any atom is -0.494 e. The van der Waals surface area contributed by atoms with E-state index in [0.29, 0.717) is 31.3 Å². The summed E-state index contributed by atoms with van der Waals surface area (Å²) in [4.78, 5) is 19.2. The van der Waals surface area contributed by atoms with Crippen molar-refractivity contribution in [2.24, 2.45) is 0 Å². The number of carbonyl (C=O) groups excluding carboxylic acids is 1. The summed E-state index contributed by atoms with van der Waals surface area (Å²) in [6, 6.07) is 11.9. The van der Waals surface area contributed by atoms with Crippen molar-refractivity contribution in [1.29, 1.82) is 0 Å². The molecule has 6 nitrogen and oxygen atoms in total. The van der Waals surface area contributed by atoms with Crippen molar-refractivity contribution in [3.63, 3.8) is 0 Å². The van der Waals surface area contributed by atoms with Crippen molar-refractivity contribution in [3.8, 4) is 17.1 Å². The Kier molecular flexibility index (Phi) is 6.07. The molecule has 1 aliphatic heterocycles. The van der Waals surface area contributed by atoms with Gasteiger partial charge in [0.2, 0.25) is 17.6 Å². The molecule has 1 fully saturated rings. The minimum atomic E-state index is -0.106. The fourth-order valence-corrected chi connectivity index (χ4v) is 4.24. The number of amides is 1. The fourth-order valence-electron chi connectivity index (χ4n) is 4.24. The summed E-state index contributed by atoms with van der Waals surface area (Å²) in [5, 5.41) is 4.15. The Bertz CT molecular complexity index is 1050. The van der Waals surface area contributed by atoms with Crippen LogP contribution in [0, 0.1) is 20.8 Å². The molecule has 1 aliphatic rings. The quantitative estimate of drug-likeness (QED) is 0.482. The van der Waals surface area contributed by atoms with E-state index in [2.05, 4.69) is 50.0 Å². The summed E-state index contributed by atoms with van der Waals surface area (Å²) in [6.45, 7) is 9.58. The Balaban J connectivity index is 1.48. The van der Waals surface area contributed by atoms with E-state index in [1.54, 1.807) is 0 Å². The first-order valence-electron chi connectivity index (χ1n) is 10.9. The SMILES string of the molecule is CCCCOc1ccc(-c2noc(C3CC(=O)N(c4c(C)cc(C)cc4C)C3)n2)cc1. The highest BCUT2D eigenvalue weighted by molar-refractivity contribution is 5.97. The summed E-state index contributed by atoms with van der Waals surface area (Å²) in [5.74, 6) is 1.86. The third-order valence-corrected chi connectivity index (χ3v) is 5.70. The van der Waals surface area contributed by atoms with Gasteiger partial charge in [0.1, 0.15) is 5.75 Å². The molecule has 0 spiro atoms. The fraction of sp³-hybridized carbons (Fsp3) is 0.400. The number of hydrogen-bond acceptors (Lipinski definition) is 5. The van der Waals surface area contributed by atoms with Crippen LogP contribution in [0.4, 0.5) is 5.69 Å². The number of carbonyl (C=O) groups is 1. The zero-order valence-electron chi connectivity index (χ0n) is 18.6. The third kappa shape index (κ3) is 4.48. The maximum Gasteiger partial charge on any atom is 0.232 e. The van der Waals surface area contributed by atoms with E-state index < -0.39 is 0 Å². The average molecular weight is 420 g/mol. The lowest BCUT2D eigenvalue weighted by molar-refractivity contribution is -0.117. The maximum atomic E-state index is 12.8. The van der Waals surface area contributed by atoms with Crippen LogP contribution in [-0.2, 0) is 4.79 Å². The van der Waals surface area contributed by atoms with Crippen molar-refractivity contribution >= 4 is 11.6 Å². The van der Waals surface area contributed by atoms with Gasteiger partial charge in [0, 0.05) is 24.2 Å². The van der Waals surface area contributed by atoms with E-state index in [1.807, 2.05) is 29.2 Å². The number of aryl methyl sites for hydroxylation is 3. The van der Waals surface area contributed by atoms with E-state index in [9.17, 15) is 4.79 Å².